The molecular formula is C14H15BrN2OS. The van der Waals surface area contributed by atoms with Gasteiger partial charge in [0.2, 0.25) is 5.91 Å². The Kier molecular flexibility index (Phi) is 4.61. The van der Waals surface area contributed by atoms with E-state index in [1.54, 1.807) is 11.3 Å². The monoisotopic (exact) mass is 338 g/mol. The third kappa shape index (κ3) is 4.08. The number of hydrogen-bond acceptors (Lipinski definition) is 3. The second kappa shape index (κ2) is 6.21. The van der Waals surface area contributed by atoms with Gasteiger partial charge in [-0.05, 0) is 46.6 Å². The SMILES string of the molecule is Cc1sc(CNc2ccc(CC(N)=O)cc2)cc1Br. The molecule has 19 heavy (non-hydrogen) atoms. The fraction of sp³-hybridized carbons (Fsp3) is 0.214. The van der Waals surface area contributed by atoms with Crippen LogP contribution in [-0.4, -0.2) is 5.91 Å². The highest BCUT2D eigenvalue weighted by Gasteiger charge is 2.03. The third-order valence-electron chi connectivity index (χ3n) is 2.71. The molecule has 1 aromatic heterocycles. The molecule has 2 aromatic rings. The number of amides is 1. The number of hydrogen-bond donors (Lipinski definition) is 2. The molecule has 1 heterocycles. The first-order valence-electron chi connectivity index (χ1n) is 5.90. The zero-order valence-electron chi connectivity index (χ0n) is 10.6. The zero-order valence-corrected chi connectivity index (χ0v) is 13.0. The number of carbonyl (C=O) groups is 1. The first kappa shape index (κ1) is 14.1. The van der Waals surface area contributed by atoms with Gasteiger partial charge in [-0.25, -0.2) is 0 Å². The Bertz CT molecular complexity index is 558. The molecule has 0 spiro atoms. The van der Waals surface area contributed by atoms with Crippen LogP contribution in [0.1, 0.15) is 15.3 Å². The lowest BCUT2D eigenvalue weighted by molar-refractivity contribution is -0.117. The van der Waals surface area contributed by atoms with Crippen LogP contribution in [0.4, 0.5) is 5.69 Å². The van der Waals surface area contributed by atoms with E-state index in [9.17, 15) is 4.79 Å². The molecule has 0 saturated carbocycles. The molecule has 0 aliphatic heterocycles. The Balaban J connectivity index is 1.94. The lowest BCUT2D eigenvalue weighted by Crippen LogP contribution is -2.13. The maximum absolute atomic E-state index is 10.8. The largest absolute Gasteiger partial charge is 0.380 e. The average molecular weight is 339 g/mol. The minimum atomic E-state index is -0.306. The van der Waals surface area contributed by atoms with E-state index in [-0.39, 0.29) is 12.3 Å². The summed E-state index contributed by atoms with van der Waals surface area (Å²) >= 11 is 5.29. The summed E-state index contributed by atoms with van der Waals surface area (Å²) in [6.45, 7) is 2.89. The van der Waals surface area contributed by atoms with Gasteiger partial charge in [-0.15, -0.1) is 11.3 Å². The second-order valence-corrected chi connectivity index (χ2v) is 6.51. The summed E-state index contributed by atoms with van der Waals surface area (Å²) in [4.78, 5) is 13.4. The number of nitrogens with two attached hydrogens (primary N) is 1. The number of aryl methyl sites for hydroxylation is 1. The highest BCUT2D eigenvalue weighted by molar-refractivity contribution is 9.10. The summed E-state index contributed by atoms with van der Waals surface area (Å²) in [5, 5.41) is 3.36. The highest BCUT2D eigenvalue weighted by atomic mass is 79.9. The molecule has 0 atom stereocenters. The Labute approximate surface area is 125 Å². The van der Waals surface area contributed by atoms with Crippen molar-refractivity contribution >= 4 is 38.9 Å². The van der Waals surface area contributed by atoms with E-state index >= 15 is 0 Å². The Hall–Kier alpha value is -1.33. The van der Waals surface area contributed by atoms with Crippen molar-refractivity contribution in [2.45, 2.75) is 19.9 Å². The smallest absolute Gasteiger partial charge is 0.221 e. The second-order valence-electron chi connectivity index (χ2n) is 4.31. The molecule has 5 heteroatoms. The number of primary amides is 1. The molecule has 0 bridgehead atoms. The topological polar surface area (TPSA) is 55.1 Å². The molecule has 0 aliphatic carbocycles. The van der Waals surface area contributed by atoms with Gasteiger partial charge in [0.15, 0.2) is 0 Å². The first-order valence-corrected chi connectivity index (χ1v) is 7.51. The molecule has 0 unspecified atom stereocenters. The number of carbonyl (C=O) groups excluding carboxylic acids is 1. The van der Waals surface area contributed by atoms with Gasteiger partial charge in [0.05, 0.1) is 6.42 Å². The van der Waals surface area contributed by atoms with E-state index in [1.807, 2.05) is 24.3 Å². The van der Waals surface area contributed by atoms with Crippen LogP contribution >= 0.6 is 27.3 Å². The number of thiophene rings is 1. The van der Waals surface area contributed by atoms with E-state index in [0.29, 0.717) is 0 Å². The van der Waals surface area contributed by atoms with Gasteiger partial charge in [-0.1, -0.05) is 12.1 Å². The Morgan fingerprint density at radius 1 is 1.37 bits per heavy atom. The van der Waals surface area contributed by atoms with Crippen LogP contribution in [-0.2, 0) is 17.8 Å². The lowest BCUT2D eigenvalue weighted by Gasteiger charge is -2.05. The summed E-state index contributed by atoms with van der Waals surface area (Å²) in [5.74, 6) is -0.306. The van der Waals surface area contributed by atoms with E-state index in [4.69, 9.17) is 5.73 Å². The van der Waals surface area contributed by atoms with Crippen LogP contribution in [0, 0.1) is 6.92 Å². The van der Waals surface area contributed by atoms with E-state index in [0.717, 1.165) is 22.3 Å². The van der Waals surface area contributed by atoms with Crippen LogP contribution in [0.3, 0.4) is 0 Å². The zero-order chi connectivity index (χ0) is 13.8. The van der Waals surface area contributed by atoms with Gasteiger partial charge >= 0.3 is 0 Å². The van der Waals surface area contributed by atoms with Crippen molar-refractivity contribution in [1.82, 2.24) is 0 Å². The van der Waals surface area contributed by atoms with Crippen molar-refractivity contribution < 1.29 is 4.79 Å². The average Bonchev–Trinajstić information content (AvgIpc) is 2.67. The summed E-state index contributed by atoms with van der Waals surface area (Å²) in [7, 11) is 0. The van der Waals surface area contributed by atoms with Crippen molar-refractivity contribution in [3.05, 3.63) is 50.1 Å². The molecule has 0 saturated heterocycles. The summed E-state index contributed by atoms with van der Waals surface area (Å²) in [6.07, 6.45) is 0.289. The van der Waals surface area contributed by atoms with Gasteiger partial charge in [0, 0.05) is 26.5 Å². The van der Waals surface area contributed by atoms with Gasteiger partial charge in [0.1, 0.15) is 0 Å². The molecule has 1 aromatic carbocycles. The summed E-state index contributed by atoms with van der Waals surface area (Å²) in [6, 6.07) is 9.90. The van der Waals surface area contributed by atoms with Gasteiger partial charge in [-0.2, -0.15) is 0 Å². The van der Waals surface area contributed by atoms with E-state index in [1.165, 1.54) is 9.75 Å². The molecule has 3 N–H and O–H groups in total. The summed E-state index contributed by atoms with van der Waals surface area (Å²) < 4.78 is 1.16. The van der Waals surface area contributed by atoms with Crippen LogP contribution in [0.5, 0.6) is 0 Å². The van der Waals surface area contributed by atoms with Gasteiger partial charge in [-0.3, -0.25) is 4.79 Å². The summed E-state index contributed by atoms with van der Waals surface area (Å²) in [5.41, 5.74) is 7.13. The number of rotatable bonds is 5. The molecule has 100 valence electrons. The molecule has 0 aliphatic rings. The highest BCUT2D eigenvalue weighted by Crippen LogP contribution is 2.26. The van der Waals surface area contributed by atoms with Crippen molar-refractivity contribution in [3.8, 4) is 0 Å². The molecule has 3 nitrogen and oxygen atoms in total. The molecular weight excluding hydrogens is 324 g/mol. The minimum Gasteiger partial charge on any atom is -0.380 e. The van der Waals surface area contributed by atoms with Crippen LogP contribution in [0.15, 0.2) is 34.8 Å². The predicted octanol–water partition coefficient (Wildman–Crippen LogP) is 3.46. The normalized spacial score (nSPS) is 10.4. The quantitative estimate of drug-likeness (QED) is 0.877. The fourth-order valence-electron chi connectivity index (χ4n) is 1.74. The predicted molar refractivity (Wildman–Crippen MR) is 83.4 cm³/mol. The number of benzene rings is 1. The molecule has 0 radical (unpaired) electrons. The molecule has 2 rings (SSSR count). The fourth-order valence-corrected chi connectivity index (χ4v) is 3.28. The lowest BCUT2D eigenvalue weighted by atomic mass is 10.1. The maximum Gasteiger partial charge on any atom is 0.221 e. The number of anilines is 1. The first-order chi connectivity index (χ1) is 9.04. The Morgan fingerprint density at radius 2 is 2.05 bits per heavy atom. The van der Waals surface area contributed by atoms with Crippen molar-refractivity contribution in [2.75, 3.05) is 5.32 Å². The van der Waals surface area contributed by atoms with Gasteiger partial charge < -0.3 is 11.1 Å². The van der Waals surface area contributed by atoms with Crippen molar-refractivity contribution in [3.63, 3.8) is 0 Å². The van der Waals surface area contributed by atoms with E-state index < -0.39 is 0 Å². The van der Waals surface area contributed by atoms with Crippen LogP contribution in [0.2, 0.25) is 0 Å². The van der Waals surface area contributed by atoms with Crippen LogP contribution < -0.4 is 11.1 Å². The van der Waals surface area contributed by atoms with E-state index in [2.05, 4.69) is 34.2 Å². The standard InChI is InChI=1S/C14H15BrN2OS/c1-9-13(15)7-12(19-9)8-17-11-4-2-10(3-5-11)6-14(16)18/h2-5,7,17H,6,8H2,1H3,(H2,16,18). The number of nitrogens with one attached hydrogen (secondary N) is 1. The third-order valence-corrected chi connectivity index (χ3v) is 4.84. The van der Waals surface area contributed by atoms with Gasteiger partial charge in [0.25, 0.3) is 0 Å². The Morgan fingerprint density at radius 3 is 2.58 bits per heavy atom. The molecule has 0 fully saturated rings. The molecule has 1 amide bonds. The van der Waals surface area contributed by atoms with Crippen LogP contribution in [0.25, 0.3) is 0 Å². The van der Waals surface area contributed by atoms with Crippen molar-refractivity contribution in [2.24, 2.45) is 5.73 Å². The number of halogens is 1. The maximum atomic E-state index is 10.8. The minimum absolute atomic E-state index is 0.289. The van der Waals surface area contributed by atoms with Crippen molar-refractivity contribution in [1.29, 1.82) is 0 Å².